The highest BCUT2D eigenvalue weighted by atomic mass is 35.5. The number of rotatable bonds is 5. The summed E-state index contributed by atoms with van der Waals surface area (Å²) >= 11 is 5.95. The number of carbonyl (C=O) groups excluding carboxylic acids is 2. The highest BCUT2D eigenvalue weighted by Crippen LogP contribution is 2.32. The van der Waals surface area contributed by atoms with Crippen molar-refractivity contribution >= 4 is 40.2 Å². The van der Waals surface area contributed by atoms with Crippen molar-refractivity contribution < 1.29 is 19.1 Å². The van der Waals surface area contributed by atoms with Gasteiger partial charge in [-0.1, -0.05) is 23.7 Å². The molecule has 0 unspecified atom stereocenters. The van der Waals surface area contributed by atoms with Crippen LogP contribution in [0.3, 0.4) is 0 Å². The van der Waals surface area contributed by atoms with Crippen LogP contribution in [-0.4, -0.2) is 37.7 Å². The molecule has 8 heteroatoms. The van der Waals surface area contributed by atoms with Gasteiger partial charge < -0.3 is 20.1 Å². The fourth-order valence-corrected chi connectivity index (χ4v) is 2.74. The van der Waals surface area contributed by atoms with E-state index in [2.05, 4.69) is 20.4 Å². The number of methoxy groups -OCH3 is 2. The maximum Gasteiger partial charge on any atom is 0.325 e. The van der Waals surface area contributed by atoms with E-state index < -0.39 is 12.0 Å². The molecule has 0 aliphatic carbocycles. The number of halogens is 1. The zero-order valence-corrected chi connectivity index (χ0v) is 16.0. The third-order valence-corrected chi connectivity index (χ3v) is 4.26. The normalized spacial score (nSPS) is 10.4. The summed E-state index contributed by atoms with van der Waals surface area (Å²) in [4.78, 5) is 27.7. The number of hydrogen-bond acceptors (Lipinski definition) is 5. The van der Waals surface area contributed by atoms with E-state index in [1.165, 1.54) is 7.11 Å². The molecule has 3 aromatic rings. The maximum atomic E-state index is 11.9. The molecule has 1 heterocycles. The van der Waals surface area contributed by atoms with E-state index in [-0.39, 0.29) is 6.54 Å². The van der Waals surface area contributed by atoms with Crippen molar-refractivity contribution in [1.29, 1.82) is 0 Å². The van der Waals surface area contributed by atoms with E-state index in [0.717, 1.165) is 16.6 Å². The first kappa shape index (κ1) is 19.4. The van der Waals surface area contributed by atoms with Gasteiger partial charge in [0.1, 0.15) is 12.3 Å². The van der Waals surface area contributed by atoms with Crippen molar-refractivity contribution in [1.82, 2.24) is 10.3 Å². The Kier molecular flexibility index (Phi) is 5.96. The van der Waals surface area contributed by atoms with Crippen molar-refractivity contribution in [3.05, 3.63) is 53.6 Å². The summed E-state index contributed by atoms with van der Waals surface area (Å²) in [5.41, 5.74) is 2.91. The lowest BCUT2D eigenvalue weighted by Crippen LogP contribution is -2.33. The number of pyridine rings is 1. The third-order valence-electron chi connectivity index (χ3n) is 4.01. The maximum absolute atomic E-state index is 11.9. The summed E-state index contributed by atoms with van der Waals surface area (Å²) in [7, 11) is 2.83. The van der Waals surface area contributed by atoms with Crippen molar-refractivity contribution in [3.8, 4) is 17.0 Å². The van der Waals surface area contributed by atoms with Crippen LogP contribution in [0.25, 0.3) is 22.2 Å². The van der Waals surface area contributed by atoms with Gasteiger partial charge in [-0.15, -0.1) is 0 Å². The van der Waals surface area contributed by atoms with Crippen molar-refractivity contribution in [3.63, 3.8) is 0 Å². The van der Waals surface area contributed by atoms with Gasteiger partial charge in [0, 0.05) is 27.7 Å². The molecular weight excluding hydrogens is 382 g/mol. The van der Waals surface area contributed by atoms with Crippen LogP contribution in [0.1, 0.15) is 0 Å². The van der Waals surface area contributed by atoms with E-state index in [4.69, 9.17) is 16.3 Å². The Morgan fingerprint density at radius 3 is 2.50 bits per heavy atom. The molecule has 2 amide bonds. The van der Waals surface area contributed by atoms with E-state index in [1.807, 2.05) is 18.2 Å². The van der Waals surface area contributed by atoms with Crippen LogP contribution in [0.5, 0.6) is 5.75 Å². The average Bonchev–Trinajstić information content (AvgIpc) is 2.71. The van der Waals surface area contributed by atoms with Crippen LogP contribution in [0, 0.1) is 0 Å². The van der Waals surface area contributed by atoms with Crippen LogP contribution in [0.4, 0.5) is 10.5 Å². The van der Waals surface area contributed by atoms with E-state index in [9.17, 15) is 9.59 Å². The molecule has 1 aromatic heterocycles. The summed E-state index contributed by atoms with van der Waals surface area (Å²) in [6.07, 6.45) is 0. The molecule has 0 saturated carbocycles. The zero-order chi connectivity index (χ0) is 20.1. The Labute approximate surface area is 166 Å². The number of nitrogens with zero attached hydrogens (tertiary/aromatic N) is 1. The van der Waals surface area contributed by atoms with Crippen LogP contribution in [0.2, 0.25) is 5.02 Å². The van der Waals surface area contributed by atoms with Gasteiger partial charge in [-0.3, -0.25) is 4.79 Å². The van der Waals surface area contributed by atoms with Crippen LogP contribution < -0.4 is 15.4 Å². The molecular formula is C20H18ClN3O4. The van der Waals surface area contributed by atoms with Crippen LogP contribution in [-0.2, 0) is 9.53 Å². The highest BCUT2D eigenvalue weighted by Gasteiger charge is 2.11. The van der Waals surface area contributed by atoms with Crippen LogP contribution in [0.15, 0.2) is 48.5 Å². The van der Waals surface area contributed by atoms with Gasteiger partial charge in [0.05, 0.1) is 25.4 Å². The topological polar surface area (TPSA) is 89.5 Å². The third kappa shape index (κ3) is 4.50. The largest absolute Gasteiger partial charge is 0.496 e. The number of amides is 2. The number of carbonyl (C=O) groups is 2. The fourth-order valence-electron chi connectivity index (χ4n) is 2.61. The molecule has 7 nitrogen and oxygen atoms in total. The van der Waals surface area contributed by atoms with Crippen molar-refractivity contribution in [2.75, 3.05) is 26.1 Å². The first-order valence-corrected chi connectivity index (χ1v) is 8.74. The molecule has 2 aromatic carbocycles. The standard InChI is InChI=1S/C20H18ClN3O4/c1-27-18-10-17(12-3-5-13(21)6-4-12)24-16-8-7-14(9-15(16)18)23-20(26)22-11-19(25)28-2/h3-10H,11H2,1-2H3,(H2,22,23,26). The number of fused-ring (bicyclic) bond motifs is 1. The second-order valence-corrected chi connectivity index (χ2v) is 6.27. The molecule has 144 valence electrons. The number of aromatic nitrogens is 1. The molecule has 2 N–H and O–H groups in total. The average molecular weight is 400 g/mol. The zero-order valence-electron chi connectivity index (χ0n) is 15.3. The molecule has 0 bridgehead atoms. The van der Waals surface area contributed by atoms with Gasteiger partial charge in [0.25, 0.3) is 0 Å². The number of urea groups is 1. The quantitative estimate of drug-likeness (QED) is 0.636. The predicted molar refractivity (Wildman–Crippen MR) is 108 cm³/mol. The minimum atomic E-state index is -0.533. The Hall–Kier alpha value is -3.32. The number of anilines is 1. The van der Waals surface area contributed by atoms with Gasteiger partial charge in [-0.25, -0.2) is 9.78 Å². The number of benzene rings is 2. The summed E-state index contributed by atoms with van der Waals surface area (Å²) < 4.78 is 9.99. The minimum absolute atomic E-state index is 0.217. The SMILES string of the molecule is COC(=O)CNC(=O)Nc1ccc2nc(-c3ccc(Cl)cc3)cc(OC)c2c1. The monoisotopic (exact) mass is 399 g/mol. The summed E-state index contributed by atoms with van der Waals surface area (Å²) in [5.74, 6) is 0.0860. The lowest BCUT2D eigenvalue weighted by Gasteiger charge is -2.11. The second-order valence-electron chi connectivity index (χ2n) is 5.83. The molecule has 0 spiro atoms. The Bertz CT molecular complexity index is 1020. The molecule has 0 saturated heterocycles. The van der Waals surface area contributed by atoms with Gasteiger partial charge in [0.2, 0.25) is 0 Å². The lowest BCUT2D eigenvalue weighted by atomic mass is 10.1. The Morgan fingerprint density at radius 1 is 1.07 bits per heavy atom. The first-order chi connectivity index (χ1) is 13.5. The fraction of sp³-hybridized carbons (Fsp3) is 0.150. The van der Waals surface area contributed by atoms with Gasteiger partial charge in [0.15, 0.2) is 0 Å². The van der Waals surface area contributed by atoms with Gasteiger partial charge in [-0.2, -0.15) is 0 Å². The highest BCUT2D eigenvalue weighted by molar-refractivity contribution is 6.30. The lowest BCUT2D eigenvalue weighted by molar-refractivity contribution is -0.139. The van der Waals surface area contributed by atoms with Gasteiger partial charge in [-0.05, 0) is 30.3 Å². The smallest absolute Gasteiger partial charge is 0.325 e. The first-order valence-electron chi connectivity index (χ1n) is 8.36. The molecule has 0 radical (unpaired) electrons. The summed E-state index contributed by atoms with van der Waals surface area (Å²) in [6.45, 7) is -0.217. The number of hydrogen-bond donors (Lipinski definition) is 2. The van der Waals surface area contributed by atoms with Crippen molar-refractivity contribution in [2.24, 2.45) is 0 Å². The van der Waals surface area contributed by atoms with Crippen LogP contribution >= 0.6 is 11.6 Å². The number of nitrogens with one attached hydrogen (secondary N) is 2. The number of esters is 1. The summed E-state index contributed by atoms with van der Waals surface area (Å²) in [5, 5.41) is 6.47. The Morgan fingerprint density at radius 2 is 1.82 bits per heavy atom. The molecule has 3 rings (SSSR count). The molecule has 0 fully saturated rings. The molecule has 28 heavy (non-hydrogen) atoms. The second kappa shape index (κ2) is 8.58. The molecule has 0 aliphatic rings. The number of ether oxygens (including phenoxy) is 2. The van der Waals surface area contributed by atoms with E-state index >= 15 is 0 Å². The van der Waals surface area contributed by atoms with Crippen molar-refractivity contribution in [2.45, 2.75) is 0 Å². The van der Waals surface area contributed by atoms with Gasteiger partial charge >= 0.3 is 12.0 Å². The predicted octanol–water partition coefficient (Wildman–Crippen LogP) is 3.86. The molecule has 0 atom stereocenters. The van der Waals surface area contributed by atoms with E-state index in [1.54, 1.807) is 37.4 Å². The minimum Gasteiger partial charge on any atom is -0.496 e. The summed E-state index contributed by atoms with van der Waals surface area (Å²) in [6, 6.07) is 13.9. The molecule has 0 aliphatic heterocycles. The van der Waals surface area contributed by atoms with E-state index in [0.29, 0.717) is 22.0 Å². The Balaban J connectivity index is 1.87.